The Morgan fingerprint density at radius 2 is 0.843 bits per heavy atom. The molecule has 0 aromatic rings. The monoisotopic (exact) mass is 725 g/mol. The van der Waals surface area contributed by atoms with E-state index < -0.39 is 12.0 Å². The van der Waals surface area contributed by atoms with Gasteiger partial charge in [-0.25, -0.2) is 0 Å². The summed E-state index contributed by atoms with van der Waals surface area (Å²) < 4.78 is 0. The molecule has 0 aliphatic rings. The van der Waals surface area contributed by atoms with Gasteiger partial charge in [-0.1, -0.05) is 101 Å². The zero-order chi connectivity index (χ0) is 37.0. The standard InChI is InChI=1S/C40H76N4O5.2CH4/c1-30(2)19-9-12-24-37(46)41-27-17-15-22-34(40(49)43-33(7)8)29-36(45)35(44-39(48)26-14-11-21-32(5)6)23-16-18-28-42-38(47)25-13-10-20-31(3)4;;/h30-35H,9-29H2,1-8H3,(H,41,46)(H,42,47)(H,43,49)(H,44,48);2*1H4. The van der Waals surface area contributed by atoms with Gasteiger partial charge in [0.25, 0.3) is 0 Å². The Balaban J connectivity index is -0.0000115. The number of ketones is 1. The zero-order valence-corrected chi connectivity index (χ0v) is 32.9. The highest BCUT2D eigenvalue weighted by Gasteiger charge is 2.27. The molecule has 0 saturated heterocycles. The number of carbonyl (C=O) groups excluding carboxylic acids is 5. The Hall–Kier alpha value is -2.45. The smallest absolute Gasteiger partial charge is 0.223 e. The van der Waals surface area contributed by atoms with Crippen molar-refractivity contribution in [1.82, 2.24) is 21.3 Å². The molecular weight excluding hydrogens is 640 g/mol. The molecule has 0 spiro atoms. The summed E-state index contributed by atoms with van der Waals surface area (Å²) in [7, 11) is 0. The Bertz CT molecular complexity index is 919. The van der Waals surface area contributed by atoms with Crippen LogP contribution in [0.2, 0.25) is 0 Å². The third kappa shape index (κ3) is 33.2. The van der Waals surface area contributed by atoms with Gasteiger partial charge in [-0.05, 0) is 83.0 Å². The number of amides is 4. The molecule has 0 aliphatic carbocycles. The van der Waals surface area contributed by atoms with E-state index in [0.717, 1.165) is 64.2 Å². The molecule has 0 saturated carbocycles. The van der Waals surface area contributed by atoms with Crippen LogP contribution in [0.4, 0.5) is 0 Å². The number of rotatable bonds is 31. The lowest BCUT2D eigenvalue weighted by atomic mass is 9.90. The second-order valence-electron chi connectivity index (χ2n) is 15.8. The minimum atomic E-state index is -0.659. The number of hydrogen-bond donors (Lipinski definition) is 4. The molecule has 9 nitrogen and oxygen atoms in total. The molecule has 0 aliphatic heterocycles. The summed E-state index contributed by atoms with van der Waals surface area (Å²) in [6.07, 6.45) is 14.3. The molecule has 9 heteroatoms. The van der Waals surface area contributed by atoms with Crippen molar-refractivity contribution in [2.45, 2.75) is 204 Å². The minimum absolute atomic E-state index is 0. The fourth-order valence-electron chi connectivity index (χ4n) is 5.83. The molecule has 2 unspecified atom stereocenters. The number of carbonyl (C=O) groups is 5. The Morgan fingerprint density at radius 1 is 0.451 bits per heavy atom. The normalized spacial score (nSPS) is 12.2. The molecule has 0 aromatic heterocycles. The quantitative estimate of drug-likeness (QED) is 0.0530. The van der Waals surface area contributed by atoms with Crippen LogP contribution in [0.1, 0.15) is 192 Å². The van der Waals surface area contributed by atoms with Gasteiger partial charge in [-0.15, -0.1) is 0 Å². The molecule has 2 atom stereocenters. The zero-order valence-electron chi connectivity index (χ0n) is 32.9. The molecule has 0 heterocycles. The predicted molar refractivity (Wildman–Crippen MR) is 215 cm³/mol. The molecule has 0 rings (SSSR count). The van der Waals surface area contributed by atoms with Crippen LogP contribution in [-0.2, 0) is 24.0 Å². The van der Waals surface area contributed by atoms with Gasteiger partial charge in [0.05, 0.1) is 6.04 Å². The van der Waals surface area contributed by atoms with E-state index in [-0.39, 0.29) is 56.7 Å². The Labute approximate surface area is 315 Å². The first kappa shape index (κ1) is 52.9. The van der Waals surface area contributed by atoms with E-state index in [4.69, 9.17) is 0 Å². The highest BCUT2D eigenvalue weighted by molar-refractivity contribution is 5.92. The van der Waals surface area contributed by atoms with Crippen LogP contribution in [0.5, 0.6) is 0 Å². The van der Waals surface area contributed by atoms with Crippen LogP contribution in [0.15, 0.2) is 0 Å². The molecule has 302 valence electrons. The van der Waals surface area contributed by atoms with Crippen molar-refractivity contribution in [3.63, 3.8) is 0 Å². The van der Waals surface area contributed by atoms with Gasteiger partial charge in [0.2, 0.25) is 23.6 Å². The Morgan fingerprint density at radius 3 is 1.25 bits per heavy atom. The van der Waals surface area contributed by atoms with Gasteiger partial charge >= 0.3 is 0 Å². The van der Waals surface area contributed by atoms with Gasteiger partial charge in [0.1, 0.15) is 0 Å². The fourth-order valence-corrected chi connectivity index (χ4v) is 5.83. The van der Waals surface area contributed by atoms with E-state index in [2.05, 4.69) is 62.8 Å². The largest absolute Gasteiger partial charge is 0.356 e. The lowest BCUT2D eigenvalue weighted by molar-refractivity contribution is -0.132. The maximum absolute atomic E-state index is 13.7. The molecular formula is C42H84N4O5. The van der Waals surface area contributed by atoms with Gasteiger partial charge in [-0.3, -0.25) is 24.0 Å². The predicted octanol–water partition coefficient (Wildman–Crippen LogP) is 9.07. The van der Waals surface area contributed by atoms with Gasteiger partial charge in [0, 0.05) is 50.7 Å². The SMILES string of the molecule is C.C.CC(C)CCCCC(=O)NCCCCC(CC(=O)C(CCCCNC(=O)CCCCC(C)C)NC(=O)CCCCC(C)C)C(=O)NC(C)C. The van der Waals surface area contributed by atoms with Crippen LogP contribution in [0, 0.1) is 23.7 Å². The summed E-state index contributed by atoms with van der Waals surface area (Å²) in [5, 5.41) is 11.9. The van der Waals surface area contributed by atoms with E-state index in [1.807, 2.05) is 13.8 Å². The maximum atomic E-state index is 13.7. The van der Waals surface area contributed by atoms with Crippen molar-refractivity contribution in [2.75, 3.05) is 13.1 Å². The molecule has 0 radical (unpaired) electrons. The van der Waals surface area contributed by atoms with E-state index in [0.29, 0.717) is 82.2 Å². The second-order valence-corrected chi connectivity index (χ2v) is 15.8. The average Bonchev–Trinajstić information content (AvgIpc) is 3.01. The van der Waals surface area contributed by atoms with Gasteiger partial charge < -0.3 is 21.3 Å². The molecule has 51 heavy (non-hydrogen) atoms. The summed E-state index contributed by atoms with van der Waals surface area (Å²) in [5.41, 5.74) is 0. The van der Waals surface area contributed by atoms with Crippen molar-refractivity contribution in [1.29, 1.82) is 0 Å². The van der Waals surface area contributed by atoms with Crippen molar-refractivity contribution in [2.24, 2.45) is 23.7 Å². The highest BCUT2D eigenvalue weighted by Crippen LogP contribution is 2.18. The van der Waals surface area contributed by atoms with Crippen LogP contribution in [0.3, 0.4) is 0 Å². The fraction of sp³-hybridized carbons (Fsp3) is 0.881. The maximum Gasteiger partial charge on any atom is 0.223 e. The van der Waals surface area contributed by atoms with E-state index in [1.54, 1.807) is 0 Å². The summed E-state index contributed by atoms with van der Waals surface area (Å²) >= 11 is 0. The average molecular weight is 725 g/mol. The van der Waals surface area contributed by atoms with Crippen molar-refractivity contribution in [3.05, 3.63) is 0 Å². The number of unbranched alkanes of at least 4 members (excludes halogenated alkanes) is 5. The minimum Gasteiger partial charge on any atom is -0.356 e. The summed E-state index contributed by atoms with van der Waals surface area (Å²) in [6.45, 7) is 18.0. The first-order valence-electron chi connectivity index (χ1n) is 19.9. The van der Waals surface area contributed by atoms with Crippen LogP contribution >= 0.6 is 0 Å². The number of hydrogen-bond acceptors (Lipinski definition) is 5. The number of nitrogens with one attached hydrogen (secondary N) is 4. The summed E-state index contributed by atoms with van der Waals surface area (Å²) in [5.74, 6) is 1.12. The lowest BCUT2D eigenvalue weighted by Gasteiger charge is -2.22. The second kappa shape index (κ2) is 33.4. The molecule has 0 fully saturated rings. The lowest BCUT2D eigenvalue weighted by Crippen LogP contribution is -2.43. The third-order valence-corrected chi connectivity index (χ3v) is 8.82. The molecule has 0 aromatic carbocycles. The van der Waals surface area contributed by atoms with Crippen molar-refractivity contribution >= 4 is 29.4 Å². The first-order valence-corrected chi connectivity index (χ1v) is 19.9. The topological polar surface area (TPSA) is 133 Å². The molecule has 4 amide bonds. The van der Waals surface area contributed by atoms with E-state index in [1.165, 1.54) is 0 Å². The molecule has 4 N–H and O–H groups in total. The summed E-state index contributed by atoms with van der Waals surface area (Å²) in [4.78, 5) is 64.2. The van der Waals surface area contributed by atoms with Gasteiger partial charge in [-0.2, -0.15) is 0 Å². The summed E-state index contributed by atoms with van der Waals surface area (Å²) in [6, 6.07) is -0.708. The van der Waals surface area contributed by atoms with Crippen molar-refractivity contribution < 1.29 is 24.0 Å². The van der Waals surface area contributed by atoms with E-state index in [9.17, 15) is 24.0 Å². The van der Waals surface area contributed by atoms with Crippen LogP contribution < -0.4 is 21.3 Å². The van der Waals surface area contributed by atoms with Crippen LogP contribution in [0.25, 0.3) is 0 Å². The Kier molecular flexibility index (Phi) is 34.6. The highest BCUT2D eigenvalue weighted by atomic mass is 16.2. The van der Waals surface area contributed by atoms with E-state index >= 15 is 0 Å². The van der Waals surface area contributed by atoms with Gasteiger partial charge in [0.15, 0.2) is 5.78 Å². The molecule has 0 bridgehead atoms. The van der Waals surface area contributed by atoms with Crippen molar-refractivity contribution in [3.8, 4) is 0 Å². The van der Waals surface area contributed by atoms with Crippen LogP contribution in [-0.4, -0.2) is 54.6 Å². The third-order valence-electron chi connectivity index (χ3n) is 8.82. The number of Topliss-reactive ketones (excluding diaryl/α,β-unsaturated/α-hetero) is 1. The first-order chi connectivity index (χ1) is 23.2.